The van der Waals surface area contributed by atoms with Crippen LogP contribution in [0.3, 0.4) is 0 Å². The summed E-state index contributed by atoms with van der Waals surface area (Å²) >= 11 is 0. The maximum atomic E-state index is 9.93. The molecule has 2 heteroatoms. The van der Waals surface area contributed by atoms with E-state index < -0.39 is 6.10 Å². The van der Waals surface area contributed by atoms with Gasteiger partial charge < -0.3 is 9.84 Å². The average Bonchev–Trinajstić information content (AvgIpc) is 2.43. The highest BCUT2D eigenvalue weighted by Gasteiger charge is 2.13. The average molecular weight is 244 g/mol. The summed E-state index contributed by atoms with van der Waals surface area (Å²) in [4.78, 5) is 0. The van der Waals surface area contributed by atoms with Crippen molar-refractivity contribution in [1.29, 1.82) is 0 Å². The van der Waals surface area contributed by atoms with Crippen LogP contribution in [0.15, 0.2) is 42.5 Å². The number of hydrogen-bond acceptors (Lipinski definition) is 2. The summed E-state index contributed by atoms with van der Waals surface area (Å²) in [5, 5.41) is 12.2. The van der Waals surface area contributed by atoms with Gasteiger partial charge in [-0.1, -0.05) is 56.7 Å². The highest BCUT2D eigenvalue weighted by molar-refractivity contribution is 5.88. The van der Waals surface area contributed by atoms with E-state index in [2.05, 4.69) is 19.1 Å². The first kappa shape index (κ1) is 12.9. The number of fused-ring (bicyclic) bond motifs is 1. The molecule has 2 aromatic rings. The molecule has 2 atom stereocenters. The van der Waals surface area contributed by atoms with Gasteiger partial charge in [0.15, 0.2) is 0 Å². The fourth-order valence-electron chi connectivity index (χ4n) is 1.93. The van der Waals surface area contributed by atoms with Gasteiger partial charge in [-0.15, -0.1) is 0 Å². The molecule has 0 aliphatic carbocycles. The lowest BCUT2D eigenvalue weighted by atomic mass is 10.0. The number of aliphatic hydroxyl groups is 1. The zero-order chi connectivity index (χ0) is 13.0. The number of benzene rings is 2. The van der Waals surface area contributed by atoms with E-state index in [0.717, 1.165) is 22.9 Å². The minimum Gasteiger partial charge on any atom is -0.490 e. The van der Waals surface area contributed by atoms with Crippen molar-refractivity contribution < 1.29 is 9.84 Å². The van der Waals surface area contributed by atoms with E-state index in [4.69, 9.17) is 4.74 Å². The molecular weight excluding hydrogens is 224 g/mol. The van der Waals surface area contributed by atoms with Gasteiger partial charge >= 0.3 is 0 Å². The van der Waals surface area contributed by atoms with Crippen molar-refractivity contribution in [2.75, 3.05) is 6.61 Å². The van der Waals surface area contributed by atoms with E-state index in [9.17, 15) is 5.11 Å². The molecule has 0 saturated carbocycles. The summed E-state index contributed by atoms with van der Waals surface area (Å²) in [5.41, 5.74) is 0. The van der Waals surface area contributed by atoms with Gasteiger partial charge in [0.25, 0.3) is 0 Å². The molecule has 0 amide bonds. The van der Waals surface area contributed by atoms with Crippen molar-refractivity contribution in [2.45, 2.75) is 26.4 Å². The lowest BCUT2D eigenvalue weighted by Gasteiger charge is -2.18. The topological polar surface area (TPSA) is 29.5 Å². The molecular formula is C16H20O2. The zero-order valence-corrected chi connectivity index (χ0v) is 11.0. The van der Waals surface area contributed by atoms with Crippen molar-refractivity contribution in [3.05, 3.63) is 42.5 Å². The van der Waals surface area contributed by atoms with Gasteiger partial charge in [0, 0.05) is 5.39 Å². The molecule has 0 spiro atoms. The Labute approximate surface area is 108 Å². The monoisotopic (exact) mass is 244 g/mol. The van der Waals surface area contributed by atoms with Crippen LogP contribution < -0.4 is 4.74 Å². The van der Waals surface area contributed by atoms with E-state index in [0.29, 0.717) is 6.61 Å². The van der Waals surface area contributed by atoms with E-state index in [-0.39, 0.29) is 5.92 Å². The van der Waals surface area contributed by atoms with Crippen LogP contribution in [0.5, 0.6) is 5.75 Å². The maximum Gasteiger partial charge on any atom is 0.127 e. The van der Waals surface area contributed by atoms with Crippen molar-refractivity contribution in [3.8, 4) is 5.75 Å². The first-order valence-corrected chi connectivity index (χ1v) is 6.51. The standard InChI is InChI=1S/C16H20O2/c1-3-12(2)15(17)11-18-16-10-6-8-13-7-4-5-9-14(13)16/h4-10,12,15,17H,3,11H2,1-2H3. The molecule has 2 aromatic carbocycles. The summed E-state index contributed by atoms with van der Waals surface area (Å²) < 4.78 is 5.75. The van der Waals surface area contributed by atoms with Gasteiger partial charge in [0.2, 0.25) is 0 Å². The van der Waals surface area contributed by atoms with Crippen LogP contribution in [0, 0.1) is 5.92 Å². The Morgan fingerprint density at radius 1 is 1.11 bits per heavy atom. The lowest BCUT2D eigenvalue weighted by molar-refractivity contribution is 0.0628. The number of aliphatic hydroxyl groups excluding tert-OH is 1. The summed E-state index contributed by atoms with van der Waals surface area (Å²) in [6.45, 7) is 4.46. The number of hydrogen-bond donors (Lipinski definition) is 1. The molecule has 0 aliphatic heterocycles. The number of rotatable bonds is 5. The Morgan fingerprint density at radius 3 is 2.61 bits per heavy atom. The molecule has 1 N–H and O–H groups in total. The van der Waals surface area contributed by atoms with Crippen LogP contribution in [0.2, 0.25) is 0 Å². The smallest absolute Gasteiger partial charge is 0.127 e. The van der Waals surface area contributed by atoms with Crippen LogP contribution in [-0.2, 0) is 0 Å². The molecule has 0 aliphatic rings. The van der Waals surface area contributed by atoms with Gasteiger partial charge in [0.05, 0.1) is 6.10 Å². The minimum atomic E-state index is -0.408. The van der Waals surface area contributed by atoms with Crippen LogP contribution in [0.25, 0.3) is 10.8 Å². The Morgan fingerprint density at radius 2 is 1.83 bits per heavy atom. The third-order valence-corrected chi connectivity index (χ3v) is 3.46. The summed E-state index contributed by atoms with van der Waals surface area (Å²) in [5.74, 6) is 1.11. The SMILES string of the molecule is CCC(C)C(O)COc1cccc2ccccc12. The Hall–Kier alpha value is -1.54. The molecule has 0 radical (unpaired) electrons. The minimum absolute atomic E-state index is 0.264. The molecule has 2 unspecified atom stereocenters. The second-order valence-corrected chi connectivity index (χ2v) is 4.74. The van der Waals surface area contributed by atoms with Gasteiger partial charge in [-0.05, 0) is 17.4 Å². The molecule has 0 saturated heterocycles. The fourth-order valence-corrected chi connectivity index (χ4v) is 1.93. The summed E-state index contributed by atoms with van der Waals surface area (Å²) in [6, 6.07) is 14.1. The second kappa shape index (κ2) is 5.87. The predicted molar refractivity (Wildman–Crippen MR) is 74.9 cm³/mol. The molecule has 0 heterocycles. The number of ether oxygens (including phenoxy) is 1. The summed E-state index contributed by atoms with van der Waals surface area (Å²) in [6.07, 6.45) is 0.550. The van der Waals surface area contributed by atoms with Gasteiger partial charge in [0.1, 0.15) is 12.4 Å². The quantitative estimate of drug-likeness (QED) is 0.870. The fraction of sp³-hybridized carbons (Fsp3) is 0.375. The Kier molecular flexibility index (Phi) is 4.21. The molecule has 0 bridgehead atoms. The highest BCUT2D eigenvalue weighted by atomic mass is 16.5. The largest absolute Gasteiger partial charge is 0.490 e. The third kappa shape index (κ3) is 2.82. The van der Waals surface area contributed by atoms with Crippen molar-refractivity contribution in [2.24, 2.45) is 5.92 Å². The lowest BCUT2D eigenvalue weighted by Crippen LogP contribution is -2.24. The van der Waals surface area contributed by atoms with Crippen molar-refractivity contribution in [1.82, 2.24) is 0 Å². The third-order valence-electron chi connectivity index (χ3n) is 3.46. The zero-order valence-electron chi connectivity index (χ0n) is 11.0. The van der Waals surface area contributed by atoms with E-state index in [1.165, 1.54) is 0 Å². The van der Waals surface area contributed by atoms with E-state index >= 15 is 0 Å². The predicted octanol–water partition coefficient (Wildman–Crippen LogP) is 3.63. The first-order chi connectivity index (χ1) is 8.72. The molecule has 2 rings (SSSR count). The molecule has 2 nitrogen and oxygen atoms in total. The molecule has 96 valence electrons. The Bertz CT molecular complexity index is 502. The molecule has 18 heavy (non-hydrogen) atoms. The van der Waals surface area contributed by atoms with Gasteiger partial charge in [-0.2, -0.15) is 0 Å². The van der Waals surface area contributed by atoms with Crippen LogP contribution in [0.1, 0.15) is 20.3 Å². The second-order valence-electron chi connectivity index (χ2n) is 4.74. The normalized spacial score (nSPS) is 14.4. The maximum absolute atomic E-state index is 9.93. The first-order valence-electron chi connectivity index (χ1n) is 6.51. The van der Waals surface area contributed by atoms with Crippen molar-refractivity contribution >= 4 is 10.8 Å². The van der Waals surface area contributed by atoms with Gasteiger partial charge in [-0.3, -0.25) is 0 Å². The highest BCUT2D eigenvalue weighted by Crippen LogP contribution is 2.25. The Balaban J connectivity index is 2.12. The van der Waals surface area contributed by atoms with Crippen molar-refractivity contribution in [3.63, 3.8) is 0 Å². The summed E-state index contributed by atoms with van der Waals surface area (Å²) in [7, 11) is 0. The van der Waals surface area contributed by atoms with E-state index in [1.54, 1.807) is 0 Å². The van der Waals surface area contributed by atoms with Gasteiger partial charge in [-0.25, -0.2) is 0 Å². The van der Waals surface area contributed by atoms with Crippen LogP contribution in [0.4, 0.5) is 0 Å². The van der Waals surface area contributed by atoms with E-state index in [1.807, 2.05) is 37.3 Å². The van der Waals surface area contributed by atoms with Crippen LogP contribution >= 0.6 is 0 Å². The molecule has 0 aromatic heterocycles. The molecule has 0 fully saturated rings. The van der Waals surface area contributed by atoms with Crippen LogP contribution in [-0.4, -0.2) is 17.8 Å².